The van der Waals surface area contributed by atoms with Crippen LogP contribution >= 0.6 is 27.5 Å². The Hall–Kier alpha value is -0.180. The summed E-state index contributed by atoms with van der Waals surface area (Å²) in [5, 5.41) is 7.64. The van der Waals surface area contributed by atoms with E-state index in [0.29, 0.717) is 12.5 Å². The van der Waals surface area contributed by atoms with Gasteiger partial charge in [0.2, 0.25) is 5.03 Å². The molecule has 1 aliphatic rings. The third kappa shape index (κ3) is 2.56. The Labute approximate surface area is 119 Å². The van der Waals surface area contributed by atoms with E-state index in [-0.39, 0.29) is 15.0 Å². The smallest absolute Gasteiger partial charge is 0.235 e. The molecular formula is C9H14BrClN4O2S. The van der Waals surface area contributed by atoms with Gasteiger partial charge in [-0.25, -0.2) is 13.1 Å². The largest absolute Gasteiger partial charge is 0.262 e. The highest BCUT2D eigenvalue weighted by Gasteiger charge is 2.34. The van der Waals surface area contributed by atoms with Gasteiger partial charge in [-0.3, -0.25) is 0 Å². The van der Waals surface area contributed by atoms with Crippen molar-refractivity contribution in [1.29, 1.82) is 0 Å². The summed E-state index contributed by atoms with van der Waals surface area (Å²) < 4.78 is 27.5. The summed E-state index contributed by atoms with van der Waals surface area (Å²) in [7, 11) is -0.446. The van der Waals surface area contributed by atoms with Crippen LogP contribution in [0.1, 0.15) is 12.8 Å². The molecule has 0 spiro atoms. The molecule has 1 aromatic heterocycles. The molecule has 9 heteroatoms. The van der Waals surface area contributed by atoms with Crippen molar-refractivity contribution >= 4 is 37.6 Å². The summed E-state index contributed by atoms with van der Waals surface area (Å²) in [4.78, 5) is 0. The molecule has 6 nitrogen and oxygen atoms in total. The molecule has 102 valence electrons. The molecule has 0 N–H and O–H groups in total. The number of alkyl halides is 1. The molecule has 0 unspecified atom stereocenters. The molecule has 0 aromatic carbocycles. The zero-order valence-electron chi connectivity index (χ0n) is 10.0. The minimum atomic E-state index is -3.56. The van der Waals surface area contributed by atoms with Crippen LogP contribution in [0.3, 0.4) is 0 Å². The average Bonchev–Trinajstić information content (AvgIpc) is 2.56. The van der Waals surface area contributed by atoms with E-state index in [1.165, 1.54) is 8.99 Å². The predicted octanol–water partition coefficient (Wildman–Crippen LogP) is 1.22. The van der Waals surface area contributed by atoms with Crippen LogP contribution in [0.2, 0.25) is 0 Å². The lowest BCUT2D eigenvalue weighted by Gasteiger charge is -2.33. The molecule has 1 aliphatic carbocycles. The van der Waals surface area contributed by atoms with Gasteiger partial charge in [0.25, 0.3) is 10.0 Å². The lowest BCUT2D eigenvalue weighted by Crippen LogP contribution is -2.38. The number of sulfonamides is 1. The van der Waals surface area contributed by atoms with Crippen molar-refractivity contribution in [3.8, 4) is 0 Å². The van der Waals surface area contributed by atoms with Crippen LogP contribution in [0.5, 0.6) is 0 Å². The molecule has 2 rings (SSSR count). The van der Waals surface area contributed by atoms with Gasteiger partial charge < -0.3 is 0 Å². The van der Waals surface area contributed by atoms with Crippen molar-refractivity contribution in [1.82, 2.24) is 19.3 Å². The van der Waals surface area contributed by atoms with Gasteiger partial charge in [0, 0.05) is 26.0 Å². The van der Waals surface area contributed by atoms with Crippen LogP contribution in [0.25, 0.3) is 0 Å². The highest BCUT2D eigenvalue weighted by Crippen LogP contribution is 2.33. The topological polar surface area (TPSA) is 68.1 Å². The maximum Gasteiger partial charge on any atom is 0.262 e. The molecule has 1 heterocycles. The lowest BCUT2D eigenvalue weighted by molar-refractivity contribution is 0.267. The van der Waals surface area contributed by atoms with E-state index in [2.05, 4.69) is 26.2 Å². The quantitative estimate of drug-likeness (QED) is 0.760. The van der Waals surface area contributed by atoms with Crippen LogP contribution in [0, 0.1) is 5.92 Å². The van der Waals surface area contributed by atoms with Gasteiger partial charge in [-0.05, 0) is 34.7 Å². The number of rotatable bonds is 4. The standard InChI is InChI=1S/C9H14BrClN4O2S/c1-14(5-6-3-7(11)4-6)18(16,17)9-8(10)12-13-15(9)2/h6-7H,3-5H2,1-2H3. The van der Waals surface area contributed by atoms with E-state index in [9.17, 15) is 8.42 Å². The molecule has 1 aromatic rings. The zero-order valence-corrected chi connectivity index (χ0v) is 13.2. The molecule has 0 amide bonds. The summed E-state index contributed by atoms with van der Waals surface area (Å²) in [6, 6.07) is 0. The van der Waals surface area contributed by atoms with Crippen molar-refractivity contribution < 1.29 is 8.42 Å². The third-order valence-electron chi connectivity index (χ3n) is 3.09. The van der Waals surface area contributed by atoms with E-state index in [1.807, 2.05) is 0 Å². The number of nitrogens with zero attached hydrogens (tertiary/aromatic N) is 4. The Balaban J connectivity index is 2.16. The highest BCUT2D eigenvalue weighted by atomic mass is 79.9. The first-order chi connectivity index (χ1) is 8.32. The van der Waals surface area contributed by atoms with Crippen molar-refractivity contribution in [3.05, 3.63) is 4.60 Å². The van der Waals surface area contributed by atoms with E-state index in [1.54, 1.807) is 14.1 Å². The number of hydrogen-bond acceptors (Lipinski definition) is 4. The van der Waals surface area contributed by atoms with Gasteiger partial charge in [0.15, 0.2) is 4.60 Å². The summed E-state index contributed by atoms with van der Waals surface area (Å²) in [6.07, 6.45) is 1.73. The van der Waals surface area contributed by atoms with Gasteiger partial charge in [0.1, 0.15) is 0 Å². The van der Waals surface area contributed by atoms with Crippen molar-refractivity contribution in [2.45, 2.75) is 23.2 Å². The summed E-state index contributed by atoms with van der Waals surface area (Å²) in [5.41, 5.74) is 0. The van der Waals surface area contributed by atoms with Gasteiger partial charge in [-0.15, -0.1) is 16.7 Å². The van der Waals surface area contributed by atoms with Crippen molar-refractivity contribution in [2.75, 3.05) is 13.6 Å². The van der Waals surface area contributed by atoms with Crippen LogP contribution in [0.4, 0.5) is 0 Å². The average molecular weight is 358 g/mol. The molecule has 1 saturated carbocycles. The Morgan fingerprint density at radius 3 is 2.61 bits per heavy atom. The van der Waals surface area contributed by atoms with Crippen LogP contribution in [-0.4, -0.2) is 46.7 Å². The second kappa shape index (κ2) is 5.07. The van der Waals surface area contributed by atoms with Crippen LogP contribution in [-0.2, 0) is 17.1 Å². The maximum atomic E-state index is 12.4. The molecule has 0 radical (unpaired) electrons. The number of aryl methyl sites for hydroxylation is 1. The summed E-state index contributed by atoms with van der Waals surface area (Å²) >= 11 is 9.00. The Morgan fingerprint density at radius 2 is 2.17 bits per heavy atom. The fourth-order valence-electron chi connectivity index (χ4n) is 2.01. The fourth-order valence-corrected chi connectivity index (χ4v) is 4.78. The first-order valence-corrected chi connectivity index (χ1v) is 8.15. The minimum absolute atomic E-state index is 0.0757. The molecule has 18 heavy (non-hydrogen) atoms. The van der Waals surface area contributed by atoms with Crippen molar-refractivity contribution in [3.63, 3.8) is 0 Å². The third-order valence-corrected chi connectivity index (χ3v) is 6.15. The first kappa shape index (κ1) is 14.2. The molecule has 0 bridgehead atoms. The van der Waals surface area contributed by atoms with Gasteiger partial charge in [0.05, 0.1) is 0 Å². The van der Waals surface area contributed by atoms with E-state index >= 15 is 0 Å². The van der Waals surface area contributed by atoms with E-state index in [0.717, 1.165) is 12.8 Å². The number of hydrogen-bond donors (Lipinski definition) is 0. The molecule has 0 aliphatic heterocycles. The van der Waals surface area contributed by atoms with Crippen LogP contribution in [0.15, 0.2) is 9.63 Å². The number of aromatic nitrogens is 3. The second-order valence-electron chi connectivity index (χ2n) is 4.53. The molecule has 1 fully saturated rings. The molecule has 0 saturated heterocycles. The molecule has 0 atom stereocenters. The lowest BCUT2D eigenvalue weighted by atomic mass is 9.85. The van der Waals surface area contributed by atoms with Crippen molar-refractivity contribution in [2.24, 2.45) is 13.0 Å². The fraction of sp³-hybridized carbons (Fsp3) is 0.778. The normalized spacial score (nSPS) is 24.3. The monoisotopic (exact) mass is 356 g/mol. The second-order valence-corrected chi connectivity index (χ2v) is 7.86. The Bertz CT molecular complexity index is 521. The highest BCUT2D eigenvalue weighted by molar-refractivity contribution is 9.10. The van der Waals surface area contributed by atoms with E-state index in [4.69, 9.17) is 11.6 Å². The summed E-state index contributed by atoms with van der Waals surface area (Å²) in [5.74, 6) is 0.340. The predicted molar refractivity (Wildman–Crippen MR) is 70.9 cm³/mol. The SMILES string of the molecule is CN(CC1CC(Cl)C1)S(=O)(=O)c1c(Br)nnn1C. The summed E-state index contributed by atoms with van der Waals surface area (Å²) in [6.45, 7) is 0.475. The van der Waals surface area contributed by atoms with Gasteiger partial charge >= 0.3 is 0 Å². The van der Waals surface area contributed by atoms with Crippen LogP contribution < -0.4 is 0 Å². The zero-order chi connectivity index (χ0) is 13.5. The minimum Gasteiger partial charge on any atom is -0.235 e. The maximum absolute atomic E-state index is 12.4. The van der Waals surface area contributed by atoms with Gasteiger partial charge in [-0.1, -0.05) is 5.21 Å². The Kier molecular flexibility index (Phi) is 4.01. The van der Waals surface area contributed by atoms with Gasteiger partial charge in [-0.2, -0.15) is 4.31 Å². The Morgan fingerprint density at radius 1 is 1.56 bits per heavy atom. The van der Waals surface area contributed by atoms with E-state index < -0.39 is 10.0 Å². The number of halogens is 2. The molecular weight excluding hydrogens is 344 g/mol. The first-order valence-electron chi connectivity index (χ1n) is 5.48.